The van der Waals surface area contributed by atoms with E-state index in [1.807, 2.05) is 24.3 Å². The van der Waals surface area contributed by atoms with Crippen molar-refractivity contribution in [1.29, 1.82) is 0 Å². The van der Waals surface area contributed by atoms with E-state index in [1.54, 1.807) is 12.3 Å². The maximum Gasteiger partial charge on any atom is 0.243 e. The Morgan fingerprint density at radius 2 is 2.00 bits per heavy atom. The average Bonchev–Trinajstić information content (AvgIpc) is 2.37. The molecule has 2 N–H and O–H groups in total. The predicted molar refractivity (Wildman–Crippen MR) is 69.1 cm³/mol. The number of aromatic nitrogens is 1. The van der Waals surface area contributed by atoms with Gasteiger partial charge in [0.1, 0.15) is 0 Å². The van der Waals surface area contributed by atoms with Crippen LogP contribution in [0.5, 0.6) is 0 Å². The van der Waals surface area contributed by atoms with Crippen molar-refractivity contribution in [3.63, 3.8) is 0 Å². The second kappa shape index (κ2) is 5.27. The summed E-state index contributed by atoms with van der Waals surface area (Å²) in [5.74, 6) is -0.510. The molecule has 0 aliphatic heterocycles. The van der Waals surface area contributed by atoms with Crippen LogP contribution in [0, 0.1) is 0 Å². The Labute approximate surface area is 104 Å². The monoisotopic (exact) mass is 243 g/mol. The van der Waals surface area contributed by atoms with Gasteiger partial charge < -0.3 is 10.6 Å². The van der Waals surface area contributed by atoms with Gasteiger partial charge in [-0.15, -0.1) is 0 Å². The Bertz CT molecular complexity index is 590. The SMILES string of the molecule is CC(=O)NCC(=O)Nc1cccc2cccnc12. The highest BCUT2D eigenvalue weighted by Gasteiger charge is 2.06. The summed E-state index contributed by atoms with van der Waals surface area (Å²) in [5.41, 5.74) is 1.37. The normalized spacial score (nSPS) is 10.1. The number of rotatable bonds is 3. The van der Waals surface area contributed by atoms with E-state index in [0.29, 0.717) is 5.69 Å². The number of nitrogens with zero attached hydrogens (tertiary/aromatic N) is 1. The number of hydrogen-bond donors (Lipinski definition) is 2. The number of nitrogens with one attached hydrogen (secondary N) is 2. The number of pyridine rings is 1. The minimum absolute atomic E-state index is 0.0431. The van der Waals surface area contributed by atoms with Crippen LogP contribution < -0.4 is 10.6 Å². The fraction of sp³-hybridized carbons (Fsp3) is 0.154. The molecule has 0 atom stereocenters. The number of anilines is 1. The molecule has 1 aromatic heterocycles. The van der Waals surface area contributed by atoms with Crippen molar-refractivity contribution >= 4 is 28.4 Å². The van der Waals surface area contributed by atoms with Gasteiger partial charge in [0.25, 0.3) is 0 Å². The highest BCUT2D eigenvalue weighted by Crippen LogP contribution is 2.20. The Balaban J connectivity index is 2.16. The number of para-hydroxylation sites is 1. The third-order valence-electron chi connectivity index (χ3n) is 2.40. The molecule has 0 radical (unpaired) electrons. The van der Waals surface area contributed by atoms with Gasteiger partial charge in [-0.2, -0.15) is 0 Å². The van der Waals surface area contributed by atoms with E-state index >= 15 is 0 Å². The molecule has 2 aromatic rings. The lowest BCUT2D eigenvalue weighted by atomic mass is 10.2. The molecule has 0 unspecified atom stereocenters. The molecule has 92 valence electrons. The first-order valence-electron chi connectivity index (χ1n) is 5.55. The number of carbonyl (C=O) groups excluding carboxylic acids is 2. The first kappa shape index (κ1) is 12.0. The second-order valence-electron chi connectivity index (χ2n) is 3.84. The zero-order valence-electron chi connectivity index (χ0n) is 9.93. The first-order valence-corrected chi connectivity index (χ1v) is 5.55. The number of hydrogen-bond acceptors (Lipinski definition) is 3. The largest absolute Gasteiger partial charge is 0.347 e. The molecular formula is C13H13N3O2. The zero-order chi connectivity index (χ0) is 13.0. The van der Waals surface area contributed by atoms with Crippen molar-refractivity contribution < 1.29 is 9.59 Å². The first-order chi connectivity index (χ1) is 8.66. The molecule has 0 spiro atoms. The zero-order valence-corrected chi connectivity index (χ0v) is 9.93. The number of carbonyl (C=O) groups is 2. The molecule has 0 aliphatic carbocycles. The number of amides is 2. The van der Waals surface area contributed by atoms with Crippen molar-refractivity contribution in [3.05, 3.63) is 36.5 Å². The lowest BCUT2D eigenvalue weighted by molar-refractivity contribution is -0.122. The van der Waals surface area contributed by atoms with Crippen LogP contribution in [0.2, 0.25) is 0 Å². The van der Waals surface area contributed by atoms with Crippen LogP contribution in [0.15, 0.2) is 36.5 Å². The summed E-state index contributed by atoms with van der Waals surface area (Å²) in [6.07, 6.45) is 1.67. The summed E-state index contributed by atoms with van der Waals surface area (Å²) in [5, 5.41) is 6.12. The summed E-state index contributed by atoms with van der Waals surface area (Å²) in [6.45, 7) is 1.32. The molecule has 2 amide bonds. The van der Waals surface area contributed by atoms with E-state index in [2.05, 4.69) is 15.6 Å². The van der Waals surface area contributed by atoms with Crippen LogP contribution in [-0.2, 0) is 9.59 Å². The van der Waals surface area contributed by atoms with Crippen LogP contribution in [0.25, 0.3) is 10.9 Å². The summed E-state index contributed by atoms with van der Waals surface area (Å²) in [4.78, 5) is 26.5. The minimum Gasteiger partial charge on any atom is -0.347 e. The molecule has 5 nitrogen and oxygen atoms in total. The fourth-order valence-corrected chi connectivity index (χ4v) is 1.60. The van der Waals surface area contributed by atoms with E-state index in [0.717, 1.165) is 10.9 Å². The molecule has 0 fully saturated rings. The highest BCUT2D eigenvalue weighted by molar-refractivity contribution is 6.01. The summed E-state index contributed by atoms with van der Waals surface area (Å²) in [7, 11) is 0. The summed E-state index contributed by atoms with van der Waals surface area (Å²) < 4.78 is 0. The van der Waals surface area contributed by atoms with E-state index < -0.39 is 0 Å². The van der Waals surface area contributed by atoms with Crippen LogP contribution in [-0.4, -0.2) is 23.3 Å². The lowest BCUT2D eigenvalue weighted by Gasteiger charge is -2.08. The van der Waals surface area contributed by atoms with Gasteiger partial charge in [0.15, 0.2) is 0 Å². The number of benzene rings is 1. The molecule has 0 saturated heterocycles. The highest BCUT2D eigenvalue weighted by atomic mass is 16.2. The van der Waals surface area contributed by atoms with Crippen molar-refractivity contribution in [1.82, 2.24) is 10.3 Å². The summed E-state index contributed by atoms with van der Waals surface area (Å²) >= 11 is 0. The molecule has 0 saturated carbocycles. The Hall–Kier alpha value is -2.43. The topological polar surface area (TPSA) is 71.1 Å². The maximum absolute atomic E-state index is 11.6. The Morgan fingerprint density at radius 3 is 2.78 bits per heavy atom. The standard InChI is InChI=1S/C13H13N3O2/c1-9(17)15-8-12(18)16-11-6-2-4-10-5-3-7-14-13(10)11/h2-7H,8H2,1H3,(H,15,17)(H,16,18). The van der Waals surface area contributed by atoms with Crippen molar-refractivity contribution in [2.24, 2.45) is 0 Å². The van der Waals surface area contributed by atoms with Gasteiger partial charge >= 0.3 is 0 Å². The van der Waals surface area contributed by atoms with Gasteiger partial charge in [-0.05, 0) is 12.1 Å². The van der Waals surface area contributed by atoms with E-state index in [9.17, 15) is 9.59 Å². The van der Waals surface area contributed by atoms with E-state index in [4.69, 9.17) is 0 Å². The third-order valence-corrected chi connectivity index (χ3v) is 2.40. The van der Waals surface area contributed by atoms with Crippen LogP contribution in [0.1, 0.15) is 6.92 Å². The van der Waals surface area contributed by atoms with E-state index in [1.165, 1.54) is 6.92 Å². The van der Waals surface area contributed by atoms with Crippen LogP contribution in [0.3, 0.4) is 0 Å². The lowest BCUT2D eigenvalue weighted by Crippen LogP contribution is -2.31. The summed E-state index contributed by atoms with van der Waals surface area (Å²) in [6, 6.07) is 9.31. The molecule has 5 heteroatoms. The smallest absolute Gasteiger partial charge is 0.243 e. The number of fused-ring (bicyclic) bond motifs is 1. The minimum atomic E-state index is -0.275. The van der Waals surface area contributed by atoms with Crippen LogP contribution >= 0.6 is 0 Å². The Morgan fingerprint density at radius 1 is 1.22 bits per heavy atom. The maximum atomic E-state index is 11.6. The molecule has 1 aromatic carbocycles. The molecule has 1 heterocycles. The van der Waals surface area contributed by atoms with Gasteiger partial charge in [-0.25, -0.2) is 0 Å². The van der Waals surface area contributed by atoms with Crippen molar-refractivity contribution in [2.75, 3.05) is 11.9 Å². The van der Waals surface area contributed by atoms with E-state index in [-0.39, 0.29) is 18.4 Å². The van der Waals surface area contributed by atoms with Gasteiger partial charge in [0.05, 0.1) is 17.7 Å². The molecule has 0 bridgehead atoms. The fourth-order valence-electron chi connectivity index (χ4n) is 1.60. The van der Waals surface area contributed by atoms with Crippen molar-refractivity contribution in [3.8, 4) is 0 Å². The van der Waals surface area contributed by atoms with Crippen molar-refractivity contribution in [2.45, 2.75) is 6.92 Å². The molecule has 0 aliphatic rings. The Kier molecular flexibility index (Phi) is 3.52. The second-order valence-corrected chi connectivity index (χ2v) is 3.84. The predicted octanol–water partition coefficient (Wildman–Crippen LogP) is 1.31. The average molecular weight is 243 g/mol. The van der Waals surface area contributed by atoms with Crippen LogP contribution in [0.4, 0.5) is 5.69 Å². The third kappa shape index (κ3) is 2.82. The molecular weight excluding hydrogens is 230 g/mol. The quantitative estimate of drug-likeness (QED) is 0.853. The molecule has 2 rings (SSSR count). The molecule has 18 heavy (non-hydrogen) atoms. The van der Waals surface area contributed by atoms with Gasteiger partial charge in [-0.3, -0.25) is 14.6 Å². The van der Waals surface area contributed by atoms with Gasteiger partial charge in [0.2, 0.25) is 11.8 Å². The van der Waals surface area contributed by atoms with Gasteiger partial charge in [0, 0.05) is 18.5 Å². The van der Waals surface area contributed by atoms with Gasteiger partial charge in [-0.1, -0.05) is 18.2 Å².